The Labute approximate surface area is 224 Å². The van der Waals surface area contributed by atoms with Gasteiger partial charge in [-0.05, 0) is 48.1 Å². The SMILES string of the molecule is CC1(C(=O)NO)CCC(C(=O)N[C@@H](Cc2ccc(NC(=O)c3c(Cl)cccc3Cl)cc2)C(=O)O)C1(C)C. The first-order valence-corrected chi connectivity index (χ1v) is 12.4. The van der Waals surface area contributed by atoms with Gasteiger partial charge in [-0.1, -0.05) is 62.2 Å². The fourth-order valence-electron chi connectivity index (χ4n) is 4.83. The van der Waals surface area contributed by atoms with Gasteiger partial charge in [0, 0.05) is 18.0 Å². The van der Waals surface area contributed by atoms with E-state index in [1.165, 1.54) is 0 Å². The molecular formula is C26H29Cl2N3O6. The Balaban J connectivity index is 1.68. The van der Waals surface area contributed by atoms with Gasteiger partial charge in [0.1, 0.15) is 6.04 Å². The number of hydrogen-bond acceptors (Lipinski definition) is 5. The number of hydrogen-bond donors (Lipinski definition) is 5. The van der Waals surface area contributed by atoms with Gasteiger partial charge in [0.25, 0.3) is 5.91 Å². The van der Waals surface area contributed by atoms with Crippen LogP contribution in [0.25, 0.3) is 0 Å². The fourth-order valence-corrected chi connectivity index (χ4v) is 5.40. The van der Waals surface area contributed by atoms with Gasteiger partial charge >= 0.3 is 5.97 Å². The Morgan fingerprint density at radius 2 is 1.62 bits per heavy atom. The number of carbonyl (C=O) groups is 4. The van der Waals surface area contributed by atoms with Crippen LogP contribution in [0.5, 0.6) is 0 Å². The summed E-state index contributed by atoms with van der Waals surface area (Å²) in [5.74, 6) is -3.35. The summed E-state index contributed by atoms with van der Waals surface area (Å²) in [7, 11) is 0. The molecule has 198 valence electrons. The Morgan fingerprint density at radius 1 is 1.03 bits per heavy atom. The first kappa shape index (κ1) is 28.4. The summed E-state index contributed by atoms with van der Waals surface area (Å²) < 4.78 is 0. The number of anilines is 1. The zero-order valence-electron chi connectivity index (χ0n) is 20.6. The van der Waals surface area contributed by atoms with Crippen LogP contribution in [0.15, 0.2) is 42.5 Å². The number of carboxylic acids is 1. The van der Waals surface area contributed by atoms with Crippen LogP contribution in [0.2, 0.25) is 10.0 Å². The third-order valence-electron chi connectivity index (χ3n) is 7.60. The number of carbonyl (C=O) groups excluding carboxylic acids is 3. The summed E-state index contributed by atoms with van der Waals surface area (Å²) in [6, 6.07) is 10.0. The standard InChI is InChI=1S/C26H29Cl2N3O6/c1-25(2)16(11-12-26(25,3)24(36)31-37)21(32)30-19(23(34)35)13-14-7-9-15(10-8-14)29-22(33)20-17(27)5-4-6-18(20)28/h4-10,16,19,37H,11-13H2,1-3H3,(H,29,33)(H,30,32)(H,31,36)(H,34,35)/t16?,19-,26?/m0/s1. The molecule has 37 heavy (non-hydrogen) atoms. The van der Waals surface area contributed by atoms with Crippen molar-refractivity contribution in [1.29, 1.82) is 0 Å². The maximum atomic E-state index is 13.1. The molecule has 0 spiro atoms. The Bertz CT molecular complexity index is 1200. The molecule has 0 heterocycles. The maximum Gasteiger partial charge on any atom is 0.326 e. The molecule has 9 nitrogen and oxygen atoms in total. The average Bonchev–Trinajstić information content (AvgIpc) is 3.08. The highest BCUT2D eigenvalue weighted by Crippen LogP contribution is 2.56. The number of hydroxylamine groups is 1. The maximum absolute atomic E-state index is 13.1. The number of benzene rings is 2. The van der Waals surface area contributed by atoms with Crippen LogP contribution in [0.3, 0.4) is 0 Å². The van der Waals surface area contributed by atoms with Crippen LogP contribution in [0, 0.1) is 16.7 Å². The lowest BCUT2D eigenvalue weighted by atomic mass is 9.65. The number of aliphatic carboxylic acids is 1. The molecule has 3 amide bonds. The van der Waals surface area contributed by atoms with E-state index in [0.29, 0.717) is 24.1 Å². The number of carboxylic acid groups (broad SMARTS) is 1. The molecular weight excluding hydrogens is 521 g/mol. The molecule has 0 bridgehead atoms. The van der Waals surface area contributed by atoms with Gasteiger partial charge in [0.05, 0.1) is 21.0 Å². The first-order chi connectivity index (χ1) is 17.3. The summed E-state index contributed by atoms with van der Waals surface area (Å²) in [6.45, 7) is 5.21. The smallest absolute Gasteiger partial charge is 0.326 e. The Morgan fingerprint density at radius 3 is 2.16 bits per heavy atom. The third kappa shape index (κ3) is 5.74. The van der Waals surface area contributed by atoms with E-state index in [-0.39, 0.29) is 22.0 Å². The molecule has 3 rings (SSSR count). The van der Waals surface area contributed by atoms with E-state index in [0.717, 1.165) is 0 Å². The lowest BCUT2D eigenvalue weighted by molar-refractivity contribution is -0.148. The van der Waals surface area contributed by atoms with E-state index >= 15 is 0 Å². The molecule has 2 aromatic rings. The number of halogens is 2. The van der Waals surface area contributed by atoms with Crippen LogP contribution in [-0.4, -0.2) is 40.0 Å². The monoisotopic (exact) mass is 549 g/mol. The van der Waals surface area contributed by atoms with Crippen molar-refractivity contribution >= 4 is 52.6 Å². The minimum atomic E-state index is -1.20. The van der Waals surface area contributed by atoms with Crippen LogP contribution in [0.4, 0.5) is 5.69 Å². The second-order valence-corrected chi connectivity index (χ2v) is 10.8. The highest BCUT2D eigenvalue weighted by atomic mass is 35.5. The summed E-state index contributed by atoms with van der Waals surface area (Å²) in [5, 5.41) is 24.6. The molecule has 1 aliphatic carbocycles. The summed E-state index contributed by atoms with van der Waals surface area (Å²) >= 11 is 12.2. The van der Waals surface area contributed by atoms with Crippen molar-refractivity contribution in [2.24, 2.45) is 16.7 Å². The van der Waals surface area contributed by atoms with Crippen molar-refractivity contribution in [3.63, 3.8) is 0 Å². The van der Waals surface area contributed by atoms with Gasteiger partial charge in [-0.15, -0.1) is 0 Å². The van der Waals surface area contributed by atoms with Crippen LogP contribution < -0.4 is 16.1 Å². The second-order valence-electron chi connectivity index (χ2n) is 9.94. The van der Waals surface area contributed by atoms with Gasteiger partial charge in [0.15, 0.2) is 0 Å². The number of nitrogens with one attached hydrogen (secondary N) is 3. The lowest BCUT2D eigenvalue weighted by Crippen LogP contribution is -2.51. The van der Waals surface area contributed by atoms with Crippen LogP contribution in [0.1, 0.15) is 49.5 Å². The average molecular weight is 550 g/mol. The van der Waals surface area contributed by atoms with Gasteiger partial charge in [0.2, 0.25) is 11.8 Å². The number of rotatable bonds is 8. The highest BCUT2D eigenvalue weighted by Gasteiger charge is 2.58. The van der Waals surface area contributed by atoms with Crippen molar-refractivity contribution < 1.29 is 29.5 Å². The van der Waals surface area contributed by atoms with E-state index in [1.807, 2.05) is 0 Å². The molecule has 1 fully saturated rings. The third-order valence-corrected chi connectivity index (χ3v) is 8.23. The van der Waals surface area contributed by atoms with Crippen molar-refractivity contribution in [2.45, 2.75) is 46.1 Å². The van der Waals surface area contributed by atoms with Gasteiger partial charge in [-0.25, -0.2) is 10.3 Å². The molecule has 1 aliphatic rings. The molecule has 2 aromatic carbocycles. The zero-order chi connectivity index (χ0) is 27.5. The van der Waals surface area contributed by atoms with Gasteiger partial charge in [-0.3, -0.25) is 19.6 Å². The summed E-state index contributed by atoms with van der Waals surface area (Å²) in [5.41, 5.74) is 1.09. The molecule has 0 radical (unpaired) electrons. The predicted octanol–water partition coefficient (Wildman–Crippen LogP) is 4.31. The van der Waals surface area contributed by atoms with Crippen molar-refractivity contribution in [3.05, 3.63) is 63.6 Å². The second kappa shape index (κ2) is 11.1. The van der Waals surface area contributed by atoms with Crippen molar-refractivity contribution in [3.8, 4) is 0 Å². The molecule has 11 heteroatoms. The minimum absolute atomic E-state index is 0.00713. The Hall–Kier alpha value is -3.14. The molecule has 0 aromatic heterocycles. The van der Waals surface area contributed by atoms with Gasteiger partial charge in [-0.2, -0.15) is 0 Å². The van der Waals surface area contributed by atoms with E-state index in [9.17, 15) is 24.3 Å². The van der Waals surface area contributed by atoms with Crippen LogP contribution >= 0.6 is 23.2 Å². The quantitative estimate of drug-likeness (QED) is 0.245. The summed E-state index contributed by atoms with van der Waals surface area (Å²) in [4.78, 5) is 49.9. The van der Waals surface area contributed by atoms with Crippen molar-refractivity contribution in [2.75, 3.05) is 5.32 Å². The van der Waals surface area contributed by atoms with Crippen LogP contribution in [-0.2, 0) is 20.8 Å². The minimum Gasteiger partial charge on any atom is -0.480 e. The van der Waals surface area contributed by atoms with E-state index < -0.39 is 46.5 Å². The molecule has 5 N–H and O–H groups in total. The van der Waals surface area contributed by atoms with E-state index in [2.05, 4.69) is 10.6 Å². The molecule has 0 aliphatic heterocycles. The molecule has 1 saturated carbocycles. The fraction of sp³-hybridized carbons (Fsp3) is 0.385. The molecule has 3 atom stereocenters. The lowest BCUT2D eigenvalue weighted by Gasteiger charge is -2.39. The Kier molecular flexibility index (Phi) is 8.52. The van der Waals surface area contributed by atoms with Gasteiger partial charge < -0.3 is 15.7 Å². The molecule has 2 unspecified atom stereocenters. The van der Waals surface area contributed by atoms with Crippen molar-refractivity contribution in [1.82, 2.24) is 10.8 Å². The normalized spacial score (nSPS) is 21.1. The largest absolute Gasteiger partial charge is 0.480 e. The first-order valence-electron chi connectivity index (χ1n) is 11.6. The summed E-state index contributed by atoms with van der Waals surface area (Å²) in [6.07, 6.45) is 0.751. The predicted molar refractivity (Wildman–Crippen MR) is 139 cm³/mol. The topological polar surface area (TPSA) is 145 Å². The van der Waals surface area contributed by atoms with E-state index in [1.54, 1.807) is 68.7 Å². The number of amides is 3. The zero-order valence-corrected chi connectivity index (χ0v) is 22.1. The highest BCUT2D eigenvalue weighted by molar-refractivity contribution is 6.40. The van der Waals surface area contributed by atoms with E-state index in [4.69, 9.17) is 28.4 Å². The molecule has 0 saturated heterocycles.